The highest BCUT2D eigenvalue weighted by molar-refractivity contribution is 7.92. The third-order valence-electron chi connectivity index (χ3n) is 2.17. The maximum Gasteiger partial charge on any atom is 0.155 e. The van der Waals surface area contributed by atoms with Crippen molar-refractivity contribution in [3.63, 3.8) is 0 Å². The molecule has 1 fully saturated rings. The highest BCUT2D eigenvalue weighted by Crippen LogP contribution is 2.32. The zero-order valence-electron chi connectivity index (χ0n) is 7.19. The van der Waals surface area contributed by atoms with Crippen molar-refractivity contribution >= 4 is 15.5 Å². The van der Waals surface area contributed by atoms with Crippen LogP contribution in [-0.2, 0) is 9.84 Å². The van der Waals surface area contributed by atoms with Crippen molar-refractivity contribution in [1.82, 2.24) is 0 Å². The fourth-order valence-corrected chi connectivity index (χ4v) is 1.77. The summed E-state index contributed by atoms with van der Waals surface area (Å²) < 4.78 is 22.1. The molecule has 1 aliphatic rings. The van der Waals surface area contributed by atoms with E-state index in [2.05, 4.69) is 5.16 Å². The molecule has 0 heterocycles. The smallest absolute Gasteiger partial charge is 0.155 e. The van der Waals surface area contributed by atoms with Gasteiger partial charge in [0.05, 0.1) is 11.0 Å². The zero-order valence-corrected chi connectivity index (χ0v) is 8.00. The molecule has 0 aliphatic heterocycles. The molecule has 0 amide bonds. The van der Waals surface area contributed by atoms with Crippen molar-refractivity contribution in [3.05, 3.63) is 0 Å². The first kappa shape index (κ1) is 9.51. The minimum atomic E-state index is -3.11. The number of sulfone groups is 1. The lowest BCUT2D eigenvalue weighted by molar-refractivity contribution is 0.316. The molecule has 0 saturated heterocycles. The van der Waals surface area contributed by atoms with Crippen LogP contribution >= 0.6 is 0 Å². The average molecular weight is 191 g/mol. The van der Waals surface area contributed by atoms with E-state index in [0.29, 0.717) is 5.71 Å². The second kappa shape index (κ2) is 3.05. The summed E-state index contributed by atoms with van der Waals surface area (Å²) in [4.78, 5) is 0. The Labute approximate surface area is 72.2 Å². The summed E-state index contributed by atoms with van der Waals surface area (Å²) >= 11 is 0. The van der Waals surface area contributed by atoms with Crippen molar-refractivity contribution in [3.8, 4) is 0 Å². The van der Waals surface area contributed by atoms with E-state index < -0.39 is 15.1 Å². The van der Waals surface area contributed by atoms with Gasteiger partial charge in [-0.05, 0) is 19.8 Å². The Hall–Kier alpha value is -0.580. The molecule has 70 valence electrons. The van der Waals surface area contributed by atoms with Gasteiger partial charge in [-0.3, -0.25) is 0 Å². The van der Waals surface area contributed by atoms with E-state index in [9.17, 15) is 8.42 Å². The normalized spacial score (nSPS) is 22.3. The largest absolute Gasteiger partial charge is 0.411 e. The van der Waals surface area contributed by atoms with E-state index in [0.717, 1.165) is 19.1 Å². The summed E-state index contributed by atoms with van der Waals surface area (Å²) in [5.41, 5.74) is 0.414. The zero-order chi connectivity index (χ0) is 9.35. The molecule has 1 atom stereocenters. The molecule has 0 spiro atoms. The van der Waals surface area contributed by atoms with E-state index in [-0.39, 0.29) is 5.92 Å². The maximum absolute atomic E-state index is 11.1. The summed E-state index contributed by atoms with van der Waals surface area (Å²) in [5, 5.41) is 11.0. The standard InChI is InChI=1S/C7H13NO3S/c1-5(12(2,10)11)7(8-9)6-3-4-6/h5-6,9H,3-4H2,1-2H3/b8-7+/t5-/m0/s1. The monoisotopic (exact) mass is 191 g/mol. The lowest BCUT2D eigenvalue weighted by Crippen LogP contribution is -2.27. The van der Waals surface area contributed by atoms with Gasteiger partial charge in [0.15, 0.2) is 9.84 Å². The van der Waals surface area contributed by atoms with Crippen molar-refractivity contribution < 1.29 is 13.6 Å². The molecule has 1 saturated carbocycles. The fourth-order valence-electron chi connectivity index (χ4n) is 1.09. The Morgan fingerprint density at radius 2 is 2.08 bits per heavy atom. The molecule has 0 aromatic heterocycles. The van der Waals surface area contributed by atoms with Crippen LogP contribution in [0.25, 0.3) is 0 Å². The molecule has 0 unspecified atom stereocenters. The summed E-state index contributed by atoms with van der Waals surface area (Å²) in [6.07, 6.45) is 3.05. The second-order valence-electron chi connectivity index (χ2n) is 3.27. The van der Waals surface area contributed by atoms with Gasteiger partial charge >= 0.3 is 0 Å². The van der Waals surface area contributed by atoms with Gasteiger partial charge < -0.3 is 5.21 Å². The first-order valence-electron chi connectivity index (χ1n) is 3.87. The van der Waals surface area contributed by atoms with E-state index in [4.69, 9.17) is 5.21 Å². The predicted molar refractivity (Wildman–Crippen MR) is 46.3 cm³/mol. The number of oxime groups is 1. The molecule has 1 N–H and O–H groups in total. The average Bonchev–Trinajstić information content (AvgIpc) is 2.70. The Morgan fingerprint density at radius 3 is 2.33 bits per heavy atom. The van der Waals surface area contributed by atoms with Gasteiger partial charge in [0, 0.05) is 12.2 Å². The van der Waals surface area contributed by atoms with Gasteiger partial charge in [-0.2, -0.15) is 0 Å². The minimum Gasteiger partial charge on any atom is -0.411 e. The van der Waals surface area contributed by atoms with Gasteiger partial charge in [-0.25, -0.2) is 8.42 Å². The van der Waals surface area contributed by atoms with Crippen molar-refractivity contribution in [2.45, 2.75) is 25.0 Å². The number of nitrogens with zero attached hydrogens (tertiary/aromatic N) is 1. The number of hydrogen-bond acceptors (Lipinski definition) is 4. The predicted octanol–water partition coefficient (Wildman–Crippen LogP) is 0.660. The van der Waals surface area contributed by atoms with Crippen LogP contribution in [0.3, 0.4) is 0 Å². The lowest BCUT2D eigenvalue weighted by atomic mass is 10.2. The van der Waals surface area contributed by atoms with Crippen molar-refractivity contribution in [2.24, 2.45) is 11.1 Å². The van der Waals surface area contributed by atoms with Crippen LogP contribution in [0.5, 0.6) is 0 Å². The van der Waals surface area contributed by atoms with Crippen LogP contribution in [0.4, 0.5) is 0 Å². The Balaban J connectivity index is 2.80. The molecule has 1 rings (SSSR count). The third-order valence-corrected chi connectivity index (χ3v) is 3.70. The van der Waals surface area contributed by atoms with Gasteiger partial charge in [0.25, 0.3) is 0 Å². The molecule has 0 aromatic carbocycles. The van der Waals surface area contributed by atoms with Gasteiger partial charge in [-0.15, -0.1) is 0 Å². The number of rotatable bonds is 3. The highest BCUT2D eigenvalue weighted by Gasteiger charge is 2.35. The second-order valence-corrected chi connectivity index (χ2v) is 5.64. The maximum atomic E-state index is 11.1. The van der Waals surface area contributed by atoms with Gasteiger partial charge in [-0.1, -0.05) is 5.16 Å². The van der Waals surface area contributed by atoms with Crippen LogP contribution < -0.4 is 0 Å². The Bertz CT molecular complexity index is 290. The molecule has 0 aromatic rings. The molecule has 1 aliphatic carbocycles. The van der Waals surface area contributed by atoms with Crippen molar-refractivity contribution in [1.29, 1.82) is 0 Å². The van der Waals surface area contributed by atoms with Crippen LogP contribution in [0, 0.1) is 5.92 Å². The summed E-state index contributed by atoms with van der Waals surface area (Å²) in [6.45, 7) is 1.56. The Kier molecular flexibility index (Phi) is 2.41. The van der Waals surface area contributed by atoms with E-state index in [1.54, 1.807) is 6.92 Å². The van der Waals surface area contributed by atoms with Crippen LogP contribution in [0.1, 0.15) is 19.8 Å². The summed E-state index contributed by atoms with van der Waals surface area (Å²) in [7, 11) is -3.11. The lowest BCUT2D eigenvalue weighted by Gasteiger charge is -2.09. The molecular formula is C7H13NO3S. The fraction of sp³-hybridized carbons (Fsp3) is 0.857. The molecular weight excluding hydrogens is 178 g/mol. The van der Waals surface area contributed by atoms with Crippen LogP contribution in [0.15, 0.2) is 5.16 Å². The van der Waals surface area contributed by atoms with Gasteiger partial charge in [0.1, 0.15) is 0 Å². The van der Waals surface area contributed by atoms with E-state index >= 15 is 0 Å². The van der Waals surface area contributed by atoms with E-state index in [1.165, 1.54) is 0 Å². The molecule has 12 heavy (non-hydrogen) atoms. The van der Waals surface area contributed by atoms with Crippen LogP contribution in [0.2, 0.25) is 0 Å². The summed E-state index contributed by atoms with van der Waals surface area (Å²) in [6, 6.07) is 0. The van der Waals surface area contributed by atoms with Crippen LogP contribution in [-0.4, -0.2) is 30.8 Å². The Morgan fingerprint density at radius 1 is 1.58 bits per heavy atom. The van der Waals surface area contributed by atoms with Crippen molar-refractivity contribution in [2.75, 3.05) is 6.26 Å². The quantitative estimate of drug-likeness (QED) is 0.405. The topological polar surface area (TPSA) is 66.7 Å². The highest BCUT2D eigenvalue weighted by atomic mass is 32.2. The molecule has 4 nitrogen and oxygen atoms in total. The third kappa shape index (κ3) is 1.97. The first-order valence-corrected chi connectivity index (χ1v) is 5.83. The summed E-state index contributed by atoms with van der Waals surface area (Å²) in [5.74, 6) is 0.194. The number of hydrogen-bond donors (Lipinski definition) is 1. The SMILES string of the molecule is C[C@@H](/C(=N\O)C1CC1)S(C)(=O)=O. The molecule has 0 bridgehead atoms. The van der Waals surface area contributed by atoms with E-state index in [1.807, 2.05) is 0 Å². The minimum absolute atomic E-state index is 0.194. The first-order chi connectivity index (χ1) is 5.46. The van der Waals surface area contributed by atoms with Gasteiger partial charge in [0.2, 0.25) is 0 Å². The molecule has 0 radical (unpaired) electrons. The molecule has 5 heteroatoms.